The Hall–Kier alpha value is -5.16. The quantitative estimate of drug-likeness (QED) is 0.0768. The van der Waals surface area contributed by atoms with Crippen molar-refractivity contribution in [1.82, 2.24) is 9.80 Å². The van der Waals surface area contributed by atoms with Gasteiger partial charge < -0.3 is 45.9 Å². The van der Waals surface area contributed by atoms with E-state index in [1.54, 1.807) is 33.1 Å². The lowest BCUT2D eigenvalue weighted by molar-refractivity contribution is -0.179. The third-order valence-electron chi connectivity index (χ3n) is 13.7. The molecule has 4 bridgehead atoms. The van der Waals surface area contributed by atoms with E-state index >= 15 is 0 Å². The number of likely N-dealkylation sites (N-methyl/N-ethyl adjacent to an activating group) is 1. The molecule has 17 nitrogen and oxygen atoms in total. The van der Waals surface area contributed by atoms with Crippen LogP contribution in [0.15, 0.2) is 28.7 Å². The molecular formula is C42H55N5O12. The fourth-order valence-corrected chi connectivity index (χ4v) is 11.5. The first-order valence-corrected chi connectivity index (χ1v) is 20.4. The number of primary amides is 1. The molecule has 0 saturated heterocycles. The molecule has 0 aliphatic heterocycles. The number of esters is 1. The number of carbonyl (C=O) groups is 6. The zero-order valence-electron chi connectivity index (χ0n) is 34.2. The minimum atomic E-state index is -2.81. The van der Waals surface area contributed by atoms with Crippen molar-refractivity contribution in [2.75, 3.05) is 58.3 Å². The number of ether oxygens (including phenoxy) is 2. The first kappa shape index (κ1) is 42.0. The number of nitrogens with two attached hydrogens (primary N) is 1. The van der Waals surface area contributed by atoms with Crippen molar-refractivity contribution in [3.8, 4) is 5.75 Å². The second-order valence-corrected chi connectivity index (χ2v) is 18.0. The number of ketones is 2. The molecule has 0 aromatic heterocycles. The van der Waals surface area contributed by atoms with Crippen LogP contribution in [0.25, 0.3) is 0 Å². The summed E-state index contributed by atoms with van der Waals surface area (Å²) in [6.45, 7) is 0.946. The van der Waals surface area contributed by atoms with E-state index in [4.69, 9.17) is 15.2 Å². The average molecular weight is 822 g/mol. The van der Waals surface area contributed by atoms with Crippen LogP contribution >= 0.6 is 0 Å². The van der Waals surface area contributed by atoms with Gasteiger partial charge in [-0.25, -0.2) is 4.79 Å². The van der Waals surface area contributed by atoms with Gasteiger partial charge in [0, 0.05) is 37.8 Å². The van der Waals surface area contributed by atoms with E-state index in [0.717, 1.165) is 43.4 Å². The fraction of sp³-hybridized carbons (Fsp3) is 0.619. The molecule has 0 spiro atoms. The van der Waals surface area contributed by atoms with Crippen molar-refractivity contribution in [1.29, 1.82) is 0 Å². The number of amides is 3. The molecule has 0 unspecified atom stereocenters. The van der Waals surface area contributed by atoms with E-state index in [1.165, 1.54) is 11.0 Å². The number of hydrogen-bond donors (Lipinski definition) is 6. The van der Waals surface area contributed by atoms with Crippen LogP contribution in [0.2, 0.25) is 0 Å². The number of carbonyl (C=O) groups excluding carboxylic acids is 6. The Bertz CT molecular complexity index is 2020. The summed E-state index contributed by atoms with van der Waals surface area (Å²) in [4.78, 5) is 84.9. The maximum absolute atomic E-state index is 14.4. The smallest absolute Gasteiger partial charge is 0.413 e. The van der Waals surface area contributed by atoms with Crippen molar-refractivity contribution in [2.45, 2.75) is 82.8 Å². The van der Waals surface area contributed by atoms with Gasteiger partial charge in [-0.15, -0.1) is 0 Å². The summed E-state index contributed by atoms with van der Waals surface area (Å²) >= 11 is 0. The number of aromatic hydroxyl groups is 1. The number of nitrogens with zero attached hydrogens (tertiary/aromatic N) is 3. The number of Topliss-reactive ketones (excluding diaryl/α,β-unsaturated/α-hetero) is 2. The SMILES string of the molecule is CCCCN(CC(=O)Nc1cc(N(C)C)c2c(c1O)C(=O)C1=C(O)[C@]3(O)C(=O)C(C(N)=O)=C(O)[C@@H](N(C)C)[C@@H]3C[C@@H]1C2)C(=O)OCOC(=O)C12CC3CC(CC(C3)C1)C2. The third kappa shape index (κ3) is 6.98. The van der Waals surface area contributed by atoms with Crippen molar-refractivity contribution in [3.63, 3.8) is 0 Å². The van der Waals surface area contributed by atoms with Gasteiger partial charge in [0.2, 0.25) is 18.5 Å². The molecule has 59 heavy (non-hydrogen) atoms. The second-order valence-electron chi connectivity index (χ2n) is 18.0. The van der Waals surface area contributed by atoms with E-state index in [2.05, 4.69) is 5.32 Å². The lowest BCUT2D eigenvalue weighted by atomic mass is 9.49. The minimum Gasteiger partial charge on any atom is -0.510 e. The van der Waals surface area contributed by atoms with E-state index < -0.39 is 94.5 Å². The molecule has 4 saturated carbocycles. The summed E-state index contributed by atoms with van der Waals surface area (Å²) < 4.78 is 10.9. The average Bonchev–Trinajstić information content (AvgIpc) is 3.14. The van der Waals surface area contributed by atoms with Crippen LogP contribution in [0.1, 0.15) is 80.6 Å². The van der Waals surface area contributed by atoms with Gasteiger partial charge in [0.1, 0.15) is 23.6 Å². The molecule has 0 heterocycles. The normalized spacial score (nSPS) is 30.4. The van der Waals surface area contributed by atoms with Gasteiger partial charge in [0.25, 0.3) is 5.91 Å². The highest BCUT2D eigenvalue weighted by molar-refractivity contribution is 6.25. The maximum Gasteiger partial charge on any atom is 0.413 e. The highest BCUT2D eigenvalue weighted by Crippen LogP contribution is 2.60. The molecule has 8 rings (SSSR count). The summed E-state index contributed by atoms with van der Waals surface area (Å²) in [6, 6.07) is 0.349. The van der Waals surface area contributed by atoms with Gasteiger partial charge >= 0.3 is 12.1 Å². The van der Waals surface area contributed by atoms with Crippen molar-refractivity contribution >= 4 is 46.8 Å². The Morgan fingerprint density at radius 2 is 1.58 bits per heavy atom. The van der Waals surface area contributed by atoms with Crippen molar-refractivity contribution in [3.05, 3.63) is 39.9 Å². The Morgan fingerprint density at radius 1 is 0.949 bits per heavy atom. The number of fused-ring (bicyclic) bond motifs is 3. The molecule has 3 amide bonds. The van der Waals surface area contributed by atoms with Gasteiger partial charge in [0.15, 0.2) is 17.1 Å². The molecule has 0 radical (unpaired) electrons. The maximum atomic E-state index is 14.4. The molecule has 7 aliphatic rings. The molecule has 4 fully saturated rings. The largest absolute Gasteiger partial charge is 0.510 e. The van der Waals surface area contributed by atoms with Gasteiger partial charge in [-0.2, -0.15) is 0 Å². The van der Waals surface area contributed by atoms with Crippen LogP contribution in [0, 0.1) is 35.0 Å². The number of nitrogens with one attached hydrogen (secondary N) is 1. The number of anilines is 2. The van der Waals surface area contributed by atoms with Crippen molar-refractivity contribution < 1.29 is 58.7 Å². The van der Waals surface area contributed by atoms with Gasteiger partial charge in [0.05, 0.1) is 22.7 Å². The van der Waals surface area contributed by atoms with Gasteiger partial charge in [-0.3, -0.25) is 33.8 Å². The lowest BCUT2D eigenvalue weighted by Gasteiger charge is -2.55. The lowest BCUT2D eigenvalue weighted by Crippen LogP contribution is -2.63. The first-order valence-electron chi connectivity index (χ1n) is 20.4. The van der Waals surface area contributed by atoms with E-state index in [9.17, 15) is 49.2 Å². The number of hydrogen-bond acceptors (Lipinski definition) is 14. The molecule has 320 valence electrons. The van der Waals surface area contributed by atoms with Crippen LogP contribution in [-0.4, -0.2) is 125 Å². The fourth-order valence-electron chi connectivity index (χ4n) is 11.5. The molecule has 7 N–H and O–H groups in total. The van der Waals surface area contributed by atoms with Gasteiger partial charge in [-0.05, 0) is 107 Å². The number of phenols is 1. The topological polar surface area (TPSA) is 250 Å². The summed E-state index contributed by atoms with van der Waals surface area (Å²) in [6.07, 6.45) is 6.17. The monoisotopic (exact) mass is 821 g/mol. The summed E-state index contributed by atoms with van der Waals surface area (Å²) in [5, 5.41) is 48.9. The zero-order valence-corrected chi connectivity index (χ0v) is 34.2. The second kappa shape index (κ2) is 15.5. The molecule has 17 heteroatoms. The number of benzene rings is 1. The highest BCUT2D eigenvalue weighted by Gasteiger charge is 2.63. The van der Waals surface area contributed by atoms with E-state index in [0.29, 0.717) is 41.8 Å². The van der Waals surface area contributed by atoms with Crippen LogP contribution in [0.5, 0.6) is 5.75 Å². The molecule has 1 aromatic rings. The first-order chi connectivity index (χ1) is 27.8. The van der Waals surface area contributed by atoms with Crippen LogP contribution in [0.4, 0.5) is 16.2 Å². The highest BCUT2D eigenvalue weighted by atomic mass is 16.7. The number of aliphatic hydroxyl groups excluding tert-OH is 2. The Labute approximate surface area is 342 Å². The van der Waals surface area contributed by atoms with E-state index in [-0.39, 0.29) is 42.2 Å². The number of rotatable bonds is 12. The van der Waals surface area contributed by atoms with Crippen molar-refractivity contribution in [2.24, 2.45) is 40.7 Å². The number of unbranched alkanes of at least 4 members (excludes halogenated alkanes) is 1. The summed E-state index contributed by atoms with van der Waals surface area (Å²) in [7, 11) is 6.49. The van der Waals surface area contributed by atoms with E-state index in [1.807, 2.05) is 6.92 Å². The molecule has 4 atom stereocenters. The van der Waals surface area contributed by atoms with Gasteiger partial charge in [-0.1, -0.05) is 13.3 Å². The minimum absolute atomic E-state index is 0.0495. The summed E-state index contributed by atoms with van der Waals surface area (Å²) in [5.41, 5.74) is 1.20. The van der Waals surface area contributed by atoms with Crippen LogP contribution < -0.4 is 16.0 Å². The van der Waals surface area contributed by atoms with Crippen LogP contribution in [-0.2, 0) is 35.1 Å². The number of phenolic OH excluding ortho intramolecular Hbond substituents is 1. The molecular weight excluding hydrogens is 766 g/mol. The number of aliphatic hydroxyl groups is 3. The molecule has 7 aliphatic carbocycles. The predicted molar refractivity (Wildman–Crippen MR) is 211 cm³/mol. The molecule has 1 aromatic carbocycles. The standard InChI is InChI=1S/C42H55N5O12/c1-6-7-8-47(40(56)59-19-58-39(55)41-15-20-9-21(16-41)11-22(10-20)17-41)18-28(48)44-26-14-27(45(2)3)24-12-23-13-25-32(46(4)5)35(51)31(38(43)54)37(53)42(25,57)36(52)29(23)34(50)30(24)33(26)49/h14,20-23,25,32,49,51-52,57H,6-13,15-19H2,1-5H3,(H2,43,54)(H,44,48)/t20?,21?,22?,23-,25-,32-,41?,42-/m0/s1. The third-order valence-corrected chi connectivity index (χ3v) is 13.7. The Morgan fingerprint density at radius 3 is 2.14 bits per heavy atom. The summed E-state index contributed by atoms with van der Waals surface area (Å²) in [5.74, 6) is -7.37. The Kier molecular flexibility index (Phi) is 11.0. The Balaban J connectivity index is 1.10. The van der Waals surface area contributed by atoms with Crippen LogP contribution in [0.3, 0.4) is 0 Å². The predicted octanol–water partition coefficient (Wildman–Crippen LogP) is 3.08. The zero-order chi connectivity index (χ0) is 42.9. The number of allylic oxidation sites excluding steroid dienone is 1.